The van der Waals surface area contributed by atoms with Crippen molar-refractivity contribution < 1.29 is 17.9 Å². The number of anilines is 2. The number of amides is 1. The molecule has 0 radical (unpaired) electrons. The fourth-order valence-electron chi connectivity index (χ4n) is 2.41. The summed E-state index contributed by atoms with van der Waals surface area (Å²) in [5.74, 6) is 0.508. The molecule has 1 aromatic heterocycles. The summed E-state index contributed by atoms with van der Waals surface area (Å²) in [5.41, 5.74) is 1.14. The number of hydrogen-bond acceptors (Lipinski definition) is 8. The molecule has 0 aliphatic heterocycles. The molecule has 1 aromatic carbocycles. The molecule has 28 heavy (non-hydrogen) atoms. The lowest BCUT2D eigenvalue weighted by Crippen LogP contribution is -2.45. The highest BCUT2D eigenvalue weighted by Crippen LogP contribution is 2.33. The van der Waals surface area contributed by atoms with Gasteiger partial charge in [0.1, 0.15) is 11.8 Å². The number of nitrogens with one attached hydrogen (secondary N) is 1. The molecule has 0 spiro atoms. The zero-order valence-electron chi connectivity index (χ0n) is 16.0. The number of ether oxygens (including phenoxy) is 1. The first kappa shape index (κ1) is 22.2. The average Bonchev–Trinajstić information content (AvgIpc) is 3.06. The van der Waals surface area contributed by atoms with Gasteiger partial charge >= 0.3 is 0 Å². The lowest BCUT2D eigenvalue weighted by Gasteiger charge is -2.29. The Hall–Kier alpha value is -2.11. The van der Waals surface area contributed by atoms with Crippen LogP contribution in [0.2, 0.25) is 0 Å². The Morgan fingerprint density at radius 1 is 1.46 bits per heavy atom. The van der Waals surface area contributed by atoms with E-state index < -0.39 is 22.0 Å². The smallest absolute Gasteiger partial charge is 0.249 e. The van der Waals surface area contributed by atoms with Crippen LogP contribution in [0, 0.1) is 6.92 Å². The van der Waals surface area contributed by atoms with Crippen molar-refractivity contribution in [1.82, 2.24) is 10.2 Å². The number of rotatable bonds is 9. The summed E-state index contributed by atoms with van der Waals surface area (Å²) in [7, 11) is -2.32. The molecule has 0 saturated heterocycles. The fraction of sp³-hybridized carbons (Fsp3) is 0.353. The Bertz CT molecular complexity index is 959. The fourth-order valence-corrected chi connectivity index (χ4v) is 5.10. The first-order chi connectivity index (χ1) is 13.2. The minimum Gasteiger partial charge on any atom is -0.495 e. The second kappa shape index (κ2) is 9.39. The molecule has 0 aliphatic carbocycles. The van der Waals surface area contributed by atoms with E-state index in [1.165, 1.54) is 37.1 Å². The van der Waals surface area contributed by atoms with Gasteiger partial charge in [0.2, 0.25) is 21.1 Å². The van der Waals surface area contributed by atoms with E-state index in [2.05, 4.69) is 22.1 Å². The highest BCUT2D eigenvalue weighted by atomic mass is 32.2. The normalized spacial score (nSPS) is 12.3. The maximum Gasteiger partial charge on any atom is 0.249 e. The van der Waals surface area contributed by atoms with Gasteiger partial charge in [-0.25, -0.2) is 8.42 Å². The molecule has 1 unspecified atom stereocenters. The maximum absolute atomic E-state index is 12.7. The molecule has 0 fully saturated rings. The van der Waals surface area contributed by atoms with Gasteiger partial charge in [-0.2, -0.15) is 0 Å². The Kier molecular flexibility index (Phi) is 7.44. The molecule has 0 bridgehead atoms. The Balaban J connectivity index is 2.30. The Labute approximate surface area is 173 Å². The van der Waals surface area contributed by atoms with E-state index in [1.54, 1.807) is 24.3 Å². The van der Waals surface area contributed by atoms with Crippen LogP contribution in [0.25, 0.3) is 0 Å². The minimum absolute atomic E-state index is 0.298. The van der Waals surface area contributed by atoms with E-state index in [0.29, 0.717) is 26.7 Å². The van der Waals surface area contributed by atoms with Crippen molar-refractivity contribution in [3.8, 4) is 5.75 Å². The zero-order valence-corrected chi connectivity index (χ0v) is 18.4. The molecule has 0 aliphatic rings. The molecule has 152 valence electrons. The van der Waals surface area contributed by atoms with Gasteiger partial charge in [0.25, 0.3) is 0 Å². The third kappa shape index (κ3) is 5.46. The summed E-state index contributed by atoms with van der Waals surface area (Å²) < 4.78 is 32.0. The second-order valence-electron chi connectivity index (χ2n) is 5.87. The Morgan fingerprint density at radius 2 is 2.18 bits per heavy atom. The summed E-state index contributed by atoms with van der Waals surface area (Å²) >= 11 is 2.66. The van der Waals surface area contributed by atoms with Crippen LogP contribution >= 0.6 is 23.1 Å². The van der Waals surface area contributed by atoms with Crippen LogP contribution in [-0.2, 0) is 14.8 Å². The van der Waals surface area contributed by atoms with Crippen molar-refractivity contribution in [2.24, 2.45) is 0 Å². The second-order valence-corrected chi connectivity index (χ2v) is 9.98. The van der Waals surface area contributed by atoms with Crippen molar-refractivity contribution in [2.45, 2.75) is 24.2 Å². The van der Waals surface area contributed by atoms with Gasteiger partial charge in [0.15, 0.2) is 4.34 Å². The summed E-state index contributed by atoms with van der Waals surface area (Å²) in [6.07, 6.45) is 2.79. The number of nitrogens with zero attached hydrogens (tertiary/aromatic N) is 3. The van der Waals surface area contributed by atoms with E-state index in [4.69, 9.17) is 4.74 Å². The summed E-state index contributed by atoms with van der Waals surface area (Å²) in [4.78, 5) is 12.7. The first-order valence-corrected chi connectivity index (χ1v) is 11.8. The van der Waals surface area contributed by atoms with E-state index in [1.807, 2.05) is 6.92 Å². The average molecular weight is 443 g/mol. The van der Waals surface area contributed by atoms with E-state index in [-0.39, 0.29) is 0 Å². The first-order valence-electron chi connectivity index (χ1n) is 8.19. The molecule has 11 heteroatoms. The van der Waals surface area contributed by atoms with Crippen LogP contribution in [0.3, 0.4) is 0 Å². The largest absolute Gasteiger partial charge is 0.495 e. The molecule has 1 heterocycles. The standard InChI is InChI=1S/C17H22N4O4S3/c1-6-9-26-17-20-19-16(27-17)18-15(22)12(3)21(28(5,23)24)13-10-11(2)7-8-14(13)25-4/h6-8,10,12H,1,9H2,2-5H3,(H,18,19,22). The predicted octanol–water partition coefficient (Wildman–Crippen LogP) is 2.93. The third-order valence-corrected chi connectivity index (χ3v) is 6.82. The van der Waals surface area contributed by atoms with Crippen molar-refractivity contribution in [2.75, 3.05) is 28.7 Å². The number of hydrogen-bond donors (Lipinski definition) is 1. The quantitative estimate of drug-likeness (QED) is 0.362. The number of aryl methyl sites for hydroxylation is 1. The minimum atomic E-state index is -3.77. The number of sulfonamides is 1. The molecule has 2 aromatic rings. The van der Waals surface area contributed by atoms with Gasteiger partial charge in [0.05, 0.1) is 19.1 Å². The monoisotopic (exact) mass is 442 g/mol. The lowest BCUT2D eigenvalue weighted by molar-refractivity contribution is -0.116. The van der Waals surface area contributed by atoms with E-state index in [9.17, 15) is 13.2 Å². The van der Waals surface area contributed by atoms with Gasteiger partial charge in [-0.05, 0) is 31.5 Å². The molecule has 1 atom stereocenters. The third-order valence-electron chi connectivity index (χ3n) is 3.62. The summed E-state index contributed by atoms with van der Waals surface area (Å²) in [5, 5.41) is 10.8. The zero-order chi connectivity index (χ0) is 20.9. The lowest BCUT2D eigenvalue weighted by atomic mass is 10.2. The van der Waals surface area contributed by atoms with E-state index in [0.717, 1.165) is 16.1 Å². The number of benzene rings is 1. The van der Waals surface area contributed by atoms with Crippen LogP contribution < -0.4 is 14.4 Å². The Morgan fingerprint density at radius 3 is 2.79 bits per heavy atom. The molecule has 1 N–H and O–H groups in total. The maximum atomic E-state index is 12.7. The van der Waals surface area contributed by atoms with Gasteiger partial charge in [-0.3, -0.25) is 14.4 Å². The SMILES string of the molecule is C=CCSc1nnc(NC(=O)C(C)N(c2cc(C)ccc2OC)S(C)(=O)=O)s1. The molecule has 0 saturated carbocycles. The molecular formula is C17H22N4O4S3. The highest BCUT2D eigenvalue weighted by molar-refractivity contribution is 8.01. The number of carbonyl (C=O) groups is 1. The van der Waals surface area contributed by atoms with Gasteiger partial charge in [-0.1, -0.05) is 35.2 Å². The van der Waals surface area contributed by atoms with Crippen molar-refractivity contribution in [3.05, 3.63) is 36.4 Å². The predicted molar refractivity (Wildman–Crippen MR) is 114 cm³/mol. The molecule has 8 nitrogen and oxygen atoms in total. The van der Waals surface area contributed by atoms with Crippen LogP contribution in [0.15, 0.2) is 35.2 Å². The summed E-state index contributed by atoms with van der Waals surface area (Å²) in [6.45, 7) is 6.98. The van der Waals surface area contributed by atoms with E-state index >= 15 is 0 Å². The summed E-state index contributed by atoms with van der Waals surface area (Å²) in [6, 6.07) is 4.11. The van der Waals surface area contributed by atoms with Crippen molar-refractivity contribution in [1.29, 1.82) is 0 Å². The van der Waals surface area contributed by atoms with Gasteiger partial charge in [-0.15, -0.1) is 16.8 Å². The van der Waals surface area contributed by atoms with Crippen LogP contribution in [-0.4, -0.2) is 49.7 Å². The van der Waals surface area contributed by atoms with Crippen LogP contribution in [0.5, 0.6) is 5.75 Å². The molecule has 2 rings (SSSR count). The van der Waals surface area contributed by atoms with Crippen LogP contribution in [0.4, 0.5) is 10.8 Å². The van der Waals surface area contributed by atoms with Crippen LogP contribution in [0.1, 0.15) is 12.5 Å². The molecular weight excluding hydrogens is 420 g/mol. The topological polar surface area (TPSA) is 101 Å². The number of aromatic nitrogens is 2. The van der Waals surface area contributed by atoms with Crippen molar-refractivity contribution >= 4 is 49.8 Å². The highest BCUT2D eigenvalue weighted by Gasteiger charge is 2.31. The van der Waals surface area contributed by atoms with Gasteiger partial charge in [0, 0.05) is 5.75 Å². The van der Waals surface area contributed by atoms with Crippen molar-refractivity contribution in [3.63, 3.8) is 0 Å². The number of thioether (sulfide) groups is 1. The van der Waals surface area contributed by atoms with Gasteiger partial charge < -0.3 is 4.74 Å². The number of methoxy groups -OCH3 is 1. The molecule has 1 amide bonds. The number of carbonyl (C=O) groups excluding carboxylic acids is 1.